The van der Waals surface area contributed by atoms with Crippen LogP contribution in [0.15, 0.2) is 23.1 Å². The summed E-state index contributed by atoms with van der Waals surface area (Å²) in [6.45, 7) is 0.893. The van der Waals surface area contributed by atoms with E-state index in [1.807, 2.05) is 30.0 Å². The maximum absolute atomic E-state index is 6.24. The summed E-state index contributed by atoms with van der Waals surface area (Å²) in [7, 11) is 0. The minimum absolute atomic E-state index is 0.205. The van der Waals surface area contributed by atoms with E-state index in [-0.39, 0.29) is 5.60 Å². The van der Waals surface area contributed by atoms with Crippen LogP contribution in [-0.2, 0) is 4.74 Å². The molecule has 1 saturated heterocycles. The molecule has 1 aromatic carbocycles. The Hall–Kier alpha value is -0.380. The number of thioether (sulfide) groups is 1. The Labute approximate surface area is 117 Å². The van der Waals surface area contributed by atoms with Gasteiger partial charge in [0.05, 0.1) is 10.6 Å². The monoisotopic (exact) mass is 283 g/mol. The van der Waals surface area contributed by atoms with E-state index in [9.17, 15) is 0 Å². The Kier molecular flexibility index (Phi) is 3.48. The number of benzene rings is 1. The molecule has 1 aliphatic heterocycles. The van der Waals surface area contributed by atoms with Crippen molar-refractivity contribution in [2.75, 3.05) is 12.3 Å². The Balaban J connectivity index is 1.68. The minimum atomic E-state index is 0.205. The van der Waals surface area contributed by atoms with Gasteiger partial charge in [0.15, 0.2) is 0 Å². The quantitative estimate of drug-likeness (QED) is 0.830. The molecule has 98 valence electrons. The van der Waals surface area contributed by atoms with Crippen molar-refractivity contribution in [2.45, 2.75) is 47.9 Å². The lowest BCUT2D eigenvalue weighted by Gasteiger charge is -2.47. The third-order valence-corrected chi connectivity index (χ3v) is 5.73. The molecule has 2 N–H and O–H groups in total. The molecule has 0 aromatic heterocycles. The minimum Gasteiger partial charge on any atom is -0.399 e. The van der Waals surface area contributed by atoms with Crippen LogP contribution in [0.2, 0.25) is 5.02 Å². The molecule has 1 atom stereocenters. The van der Waals surface area contributed by atoms with E-state index in [1.54, 1.807) is 0 Å². The van der Waals surface area contributed by atoms with Crippen LogP contribution in [0, 0.1) is 0 Å². The van der Waals surface area contributed by atoms with Crippen LogP contribution >= 0.6 is 23.4 Å². The average molecular weight is 284 g/mol. The highest BCUT2D eigenvalue weighted by Gasteiger charge is 2.42. The van der Waals surface area contributed by atoms with E-state index < -0.39 is 0 Å². The number of nitrogen functional groups attached to an aromatic ring is 1. The summed E-state index contributed by atoms with van der Waals surface area (Å²) < 4.78 is 5.95. The van der Waals surface area contributed by atoms with Gasteiger partial charge in [-0.3, -0.25) is 0 Å². The molecule has 2 aliphatic rings. The SMILES string of the molecule is Nc1ccc(SC2CCOC3(CCC3)C2)c(Cl)c1. The standard InChI is InChI=1S/C14H18ClNOS/c15-12-8-10(16)2-3-13(12)18-11-4-7-17-14(9-11)5-1-6-14/h2-3,8,11H,1,4-7,9,16H2. The van der Waals surface area contributed by atoms with Crippen molar-refractivity contribution < 1.29 is 4.74 Å². The molecule has 1 aromatic rings. The summed E-state index contributed by atoms with van der Waals surface area (Å²) in [5, 5.41) is 1.40. The Morgan fingerprint density at radius 1 is 1.39 bits per heavy atom. The van der Waals surface area contributed by atoms with Crippen molar-refractivity contribution in [3.63, 3.8) is 0 Å². The molecule has 1 spiro atoms. The summed E-state index contributed by atoms with van der Waals surface area (Å²) >= 11 is 8.12. The fourth-order valence-corrected chi connectivity index (χ4v) is 4.40. The summed E-state index contributed by atoms with van der Waals surface area (Å²) in [5.41, 5.74) is 6.65. The fraction of sp³-hybridized carbons (Fsp3) is 0.571. The van der Waals surface area contributed by atoms with Gasteiger partial charge in [-0.25, -0.2) is 0 Å². The summed E-state index contributed by atoms with van der Waals surface area (Å²) in [4.78, 5) is 1.15. The van der Waals surface area contributed by atoms with Gasteiger partial charge in [0.25, 0.3) is 0 Å². The number of anilines is 1. The third-order valence-electron chi connectivity index (χ3n) is 3.96. The second-order valence-corrected chi connectivity index (χ2v) is 7.06. The first-order valence-electron chi connectivity index (χ1n) is 6.53. The van der Waals surface area contributed by atoms with Crippen molar-refractivity contribution in [1.82, 2.24) is 0 Å². The summed E-state index contributed by atoms with van der Waals surface area (Å²) in [6.07, 6.45) is 6.07. The molecule has 2 nitrogen and oxygen atoms in total. The molecule has 18 heavy (non-hydrogen) atoms. The molecule has 1 heterocycles. The van der Waals surface area contributed by atoms with Crippen molar-refractivity contribution in [2.24, 2.45) is 0 Å². The van der Waals surface area contributed by atoms with Gasteiger partial charge in [-0.1, -0.05) is 11.6 Å². The van der Waals surface area contributed by atoms with Crippen LogP contribution in [0.3, 0.4) is 0 Å². The van der Waals surface area contributed by atoms with E-state index in [1.165, 1.54) is 25.7 Å². The van der Waals surface area contributed by atoms with Gasteiger partial charge in [-0.05, 0) is 50.3 Å². The number of halogens is 1. The maximum Gasteiger partial charge on any atom is 0.0693 e. The number of rotatable bonds is 2. The first kappa shape index (κ1) is 12.6. The van der Waals surface area contributed by atoms with Crippen molar-refractivity contribution in [3.8, 4) is 0 Å². The molecule has 1 aliphatic carbocycles. The van der Waals surface area contributed by atoms with Crippen LogP contribution in [0.5, 0.6) is 0 Å². The van der Waals surface area contributed by atoms with E-state index in [4.69, 9.17) is 22.1 Å². The van der Waals surface area contributed by atoms with E-state index in [2.05, 4.69) is 0 Å². The highest BCUT2D eigenvalue weighted by molar-refractivity contribution is 8.00. The normalized spacial score (nSPS) is 25.9. The molecular formula is C14H18ClNOS. The van der Waals surface area contributed by atoms with E-state index in [0.29, 0.717) is 5.25 Å². The molecule has 2 fully saturated rings. The highest BCUT2D eigenvalue weighted by Crippen LogP contribution is 2.47. The van der Waals surface area contributed by atoms with Gasteiger partial charge < -0.3 is 10.5 Å². The van der Waals surface area contributed by atoms with Crippen LogP contribution in [-0.4, -0.2) is 17.5 Å². The van der Waals surface area contributed by atoms with E-state index >= 15 is 0 Å². The maximum atomic E-state index is 6.24. The fourth-order valence-electron chi connectivity index (χ4n) is 2.80. The van der Waals surface area contributed by atoms with Crippen LogP contribution in [0.1, 0.15) is 32.1 Å². The summed E-state index contributed by atoms with van der Waals surface area (Å²) in [6, 6.07) is 5.79. The molecule has 0 bridgehead atoms. The molecule has 0 radical (unpaired) electrons. The zero-order valence-corrected chi connectivity index (χ0v) is 11.9. The first-order valence-corrected chi connectivity index (χ1v) is 7.78. The third kappa shape index (κ3) is 2.49. The second kappa shape index (κ2) is 4.95. The number of ether oxygens (including phenoxy) is 1. The van der Waals surface area contributed by atoms with Gasteiger partial charge in [0, 0.05) is 22.4 Å². The number of hydrogen-bond acceptors (Lipinski definition) is 3. The zero-order chi connectivity index (χ0) is 12.6. The van der Waals surface area contributed by atoms with Crippen LogP contribution in [0.25, 0.3) is 0 Å². The Morgan fingerprint density at radius 2 is 2.22 bits per heavy atom. The molecule has 3 rings (SSSR count). The molecule has 1 saturated carbocycles. The molecule has 1 unspecified atom stereocenters. The molecule has 0 amide bonds. The predicted octanol–water partition coefficient (Wildman–Crippen LogP) is 4.12. The topological polar surface area (TPSA) is 35.2 Å². The van der Waals surface area contributed by atoms with Gasteiger partial charge in [-0.15, -0.1) is 11.8 Å². The lowest BCUT2D eigenvalue weighted by molar-refractivity contribution is -0.125. The predicted molar refractivity (Wildman–Crippen MR) is 77.3 cm³/mol. The first-order chi connectivity index (χ1) is 8.67. The van der Waals surface area contributed by atoms with E-state index in [0.717, 1.165) is 28.6 Å². The number of nitrogens with two attached hydrogens (primary N) is 1. The lowest BCUT2D eigenvalue weighted by Crippen LogP contribution is -2.46. The van der Waals surface area contributed by atoms with Gasteiger partial charge >= 0.3 is 0 Å². The van der Waals surface area contributed by atoms with Crippen molar-refractivity contribution >= 4 is 29.1 Å². The van der Waals surface area contributed by atoms with Gasteiger partial charge in [0.1, 0.15) is 0 Å². The number of hydrogen-bond donors (Lipinski definition) is 1. The zero-order valence-electron chi connectivity index (χ0n) is 10.3. The highest BCUT2D eigenvalue weighted by atomic mass is 35.5. The average Bonchev–Trinajstić information content (AvgIpc) is 2.31. The van der Waals surface area contributed by atoms with Crippen LogP contribution < -0.4 is 5.73 Å². The van der Waals surface area contributed by atoms with Crippen molar-refractivity contribution in [1.29, 1.82) is 0 Å². The van der Waals surface area contributed by atoms with Crippen LogP contribution in [0.4, 0.5) is 5.69 Å². The van der Waals surface area contributed by atoms with Crippen molar-refractivity contribution in [3.05, 3.63) is 23.2 Å². The summed E-state index contributed by atoms with van der Waals surface area (Å²) in [5.74, 6) is 0. The van der Waals surface area contributed by atoms with Gasteiger partial charge in [-0.2, -0.15) is 0 Å². The Morgan fingerprint density at radius 3 is 2.89 bits per heavy atom. The van der Waals surface area contributed by atoms with Gasteiger partial charge in [0.2, 0.25) is 0 Å². The smallest absolute Gasteiger partial charge is 0.0693 e. The Bertz CT molecular complexity index is 447. The second-order valence-electron chi connectivity index (χ2n) is 5.31. The molecule has 4 heteroatoms. The molecular weight excluding hydrogens is 266 g/mol. The lowest BCUT2D eigenvalue weighted by atomic mass is 9.75. The largest absolute Gasteiger partial charge is 0.399 e.